The van der Waals surface area contributed by atoms with Gasteiger partial charge in [0.15, 0.2) is 6.61 Å². The minimum Gasteiger partial charge on any atom is -0.483 e. The van der Waals surface area contributed by atoms with E-state index < -0.39 is 0 Å². The second kappa shape index (κ2) is 6.02. The Kier molecular flexibility index (Phi) is 4.37. The smallest absolute Gasteiger partial charge is 0.258 e. The Morgan fingerprint density at radius 1 is 1.58 bits per heavy atom. The molecule has 1 fully saturated rings. The number of rotatable bonds is 6. The maximum atomic E-state index is 13.2. The average molecular weight is 266 g/mol. The molecule has 1 saturated carbocycles. The van der Waals surface area contributed by atoms with E-state index in [2.05, 4.69) is 5.32 Å². The van der Waals surface area contributed by atoms with Crippen molar-refractivity contribution in [2.75, 3.05) is 6.61 Å². The van der Waals surface area contributed by atoms with Gasteiger partial charge in [0.2, 0.25) is 0 Å². The molecule has 104 valence electrons. The number of ether oxygens (including phenoxy) is 1. The molecule has 0 aromatic heterocycles. The molecule has 1 aliphatic carbocycles. The van der Waals surface area contributed by atoms with E-state index >= 15 is 0 Å². The number of hydrogen-bond donors (Lipinski definition) is 2. The summed E-state index contributed by atoms with van der Waals surface area (Å²) in [5.74, 6) is 0.0497. The summed E-state index contributed by atoms with van der Waals surface area (Å²) in [5.41, 5.74) is 6.41. The van der Waals surface area contributed by atoms with Gasteiger partial charge in [-0.05, 0) is 49.9 Å². The van der Waals surface area contributed by atoms with E-state index in [-0.39, 0.29) is 24.4 Å². The summed E-state index contributed by atoms with van der Waals surface area (Å²) >= 11 is 0. The Balaban J connectivity index is 1.95. The zero-order valence-corrected chi connectivity index (χ0v) is 11.0. The van der Waals surface area contributed by atoms with E-state index in [1.54, 1.807) is 0 Å². The molecular formula is C14H19FN2O2. The van der Waals surface area contributed by atoms with Gasteiger partial charge in [0, 0.05) is 12.1 Å². The third-order valence-electron chi connectivity index (χ3n) is 2.87. The minimum atomic E-state index is -0.328. The van der Waals surface area contributed by atoms with E-state index in [0.717, 1.165) is 12.8 Å². The molecule has 1 aromatic rings. The van der Waals surface area contributed by atoms with E-state index in [4.69, 9.17) is 10.5 Å². The molecule has 4 nitrogen and oxygen atoms in total. The van der Waals surface area contributed by atoms with Crippen molar-refractivity contribution in [1.29, 1.82) is 0 Å². The van der Waals surface area contributed by atoms with Crippen molar-refractivity contribution in [2.45, 2.75) is 38.3 Å². The molecule has 1 aliphatic rings. The lowest BCUT2D eigenvalue weighted by Gasteiger charge is -2.13. The Morgan fingerprint density at radius 3 is 2.95 bits per heavy atom. The Hall–Kier alpha value is -1.62. The van der Waals surface area contributed by atoms with Crippen LogP contribution in [0.25, 0.3) is 0 Å². The lowest BCUT2D eigenvalue weighted by molar-refractivity contribution is -0.123. The van der Waals surface area contributed by atoms with Crippen LogP contribution in [0.2, 0.25) is 0 Å². The van der Waals surface area contributed by atoms with Gasteiger partial charge in [0.1, 0.15) is 11.6 Å². The molecule has 0 aliphatic heterocycles. The van der Waals surface area contributed by atoms with Crippen molar-refractivity contribution in [1.82, 2.24) is 5.32 Å². The average Bonchev–Trinajstić information content (AvgIpc) is 3.11. The first-order valence-corrected chi connectivity index (χ1v) is 6.51. The van der Waals surface area contributed by atoms with Gasteiger partial charge in [-0.25, -0.2) is 4.39 Å². The SMILES string of the molecule is CC(N)Cc1cc(F)ccc1OCC(=O)NC1CC1. The molecule has 3 N–H and O–H groups in total. The fraction of sp³-hybridized carbons (Fsp3) is 0.500. The van der Waals surface area contributed by atoms with Crippen LogP contribution in [0.5, 0.6) is 5.75 Å². The number of carbonyl (C=O) groups is 1. The Labute approximate surface area is 112 Å². The quantitative estimate of drug-likeness (QED) is 0.817. The number of nitrogens with one attached hydrogen (secondary N) is 1. The van der Waals surface area contributed by atoms with E-state index in [1.807, 2.05) is 6.92 Å². The zero-order chi connectivity index (χ0) is 13.8. The summed E-state index contributed by atoms with van der Waals surface area (Å²) < 4.78 is 18.7. The highest BCUT2D eigenvalue weighted by molar-refractivity contribution is 5.78. The number of halogens is 1. The van der Waals surface area contributed by atoms with Crippen molar-refractivity contribution in [2.24, 2.45) is 5.73 Å². The van der Waals surface area contributed by atoms with Crippen molar-refractivity contribution >= 4 is 5.91 Å². The number of carbonyl (C=O) groups excluding carboxylic acids is 1. The molecule has 0 heterocycles. The maximum Gasteiger partial charge on any atom is 0.258 e. The minimum absolute atomic E-state index is 0.0475. The van der Waals surface area contributed by atoms with Crippen LogP contribution < -0.4 is 15.8 Å². The highest BCUT2D eigenvalue weighted by atomic mass is 19.1. The van der Waals surface area contributed by atoms with Gasteiger partial charge in [-0.15, -0.1) is 0 Å². The molecule has 5 heteroatoms. The molecule has 0 radical (unpaired) electrons. The molecule has 19 heavy (non-hydrogen) atoms. The fourth-order valence-corrected chi connectivity index (χ4v) is 1.84. The molecule has 0 bridgehead atoms. The first-order valence-electron chi connectivity index (χ1n) is 6.51. The third-order valence-corrected chi connectivity index (χ3v) is 2.87. The summed E-state index contributed by atoms with van der Waals surface area (Å²) in [5, 5.41) is 2.83. The van der Waals surface area contributed by atoms with E-state index in [1.165, 1.54) is 18.2 Å². The number of nitrogens with two attached hydrogens (primary N) is 1. The van der Waals surface area contributed by atoms with Crippen molar-refractivity contribution in [3.05, 3.63) is 29.6 Å². The monoisotopic (exact) mass is 266 g/mol. The second-order valence-electron chi connectivity index (χ2n) is 5.06. The number of hydrogen-bond acceptors (Lipinski definition) is 3. The van der Waals surface area contributed by atoms with Crippen molar-refractivity contribution in [3.63, 3.8) is 0 Å². The first-order chi connectivity index (χ1) is 9.04. The van der Waals surface area contributed by atoms with Crippen LogP contribution >= 0.6 is 0 Å². The van der Waals surface area contributed by atoms with E-state index in [0.29, 0.717) is 23.8 Å². The van der Waals surface area contributed by atoms with Gasteiger partial charge < -0.3 is 15.8 Å². The molecule has 1 aromatic carbocycles. The van der Waals surface area contributed by atoms with Gasteiger partial charge in [-0.2, -0.15) is 0 Å². The van der Waals surface area contributed by atoms with Gasteiger partial charge in [-0.1, -0.05) is 0 Å². The van der Waals surface area contributed by atoms with E-state index in [9.17, 15) is 9.18 Å². The number of benzene rings is 1. The predicted octanol–water partition coefficient (Wildman–Crippen LogP) is 1.37. The maximum absolute atomic E-state index is 13.2. The summed E-state index contributed by atoms with van der Waals surface area (Å²) in [6.07, 6.45) is 2.59. The van der Waals surface area contributed by atoms with Crippen LogP contribution in [-0.4, -0.2) is 24.6 Å². The zero-order valence-electron chi connectivity index (χ0n) is 11.0. The van der Waals surface area contributed by atoms with Crippen molar-refractivity contribution < 1.29 is 13.9 Å². The second-order valence-corrected chi connectivity index (χ2v) is 5.06. The van der Waals surface area contributed by atoms with Crippen LogP contribution in [0.15, 0.2) is 18.2 Å². The van der Waals surface area contributed by atoms with Crippen LogP contribution in [0.3, 0.4) is 0 Å². The molecule has 2 rings (SSSR count). The third kappa shape index (κ3) is 4.52. The fourth-order valence-electron chi connectivity index (χ4n) is 1.84. The van der Waals surface area contributed by atoms with Crippen LogP contribution in [0.1, 0.15) is 25.3 Å². The van der Waals surface area contributed by atoms with Crippen LogP contribution in [0, 0.1) is 5.82 Å². The molecular weight excluding hydrogens is 247 g/mol. The topological polar surface area (TPSA) is 64.3 Å². The molecule has 1 unspecified atom stereocenters. The Morgan fingerprint density at radius 2 is 2.32 bits per heavy atom. The summed E-state index contributed by atoms with van der Waals surface area (Å²) in [6, 6.07) is 4.48. The lowest BCUT2D eigenvalue weighted by Crippen LogP contribution is -2.30. The first kappa shape index (κ1) is 13.8. The standard InChI is InChI=1S/C14H19FN2O2/c1-9(16)6-10-7-11(15)2-5-13(10)19-8-14(18)17-12-3-4-12/h2,5,7,9,12H,3-4,6,8,16H2,1H3,(H,17,18). The molecule has 1 atom stereocenters. The summed E-state index contributed by atoms with van der Waals surface area (Å²) in [7, 11) is 0. The summed E-state index contributed by atoms with van der Waals surface area (Å²) in [4.78, 5) is 11.5. The largest absolute Gasteiger partial charge is 0.483 e. The summed E-state index contributed by atoms with van der Waals surface area (Å²) in [6.45, 7) is 1.79. The normalized spacial score (nSPS) is 15.9. The molecule has 1 amide bonds. The highest BCUT2D eigenvalue weighted by Gasteiger charge is 2.23. The van der Waals surface area contributed by atoms with Crippen LogP contribution in [0.4, 0.5) is 4.39 Å². The van der Waals surface area contributed by atoms with Crippen LogP contribution in [-0.2, 0) is 11.2 Å². The number of amides is 1. The van der Waals surface area contributed by atoms with Gasteiger partial charge in [-0.3, -0.25) is 4.79 Å². The molecule has 0 saturated heterocycles. The highest BCUT2D eigenvalue weighted by Crippen LogP contribution is 2.21. The van der Waals surface area contributed by atoms with Gasteiger partial charge in [0.25, 0.3) is 5.91 Å². The van der Waals surface area contributed by atoms with Crippen molar-refractivity contribution in [3.8, 4) is 5.75 Å². The molecule has 0 spiro atoms. The lowest BCUT2D eigenvalue weighted by atomic mass is 10.1. The predicted molar refractivity (Wildman–Crippen MR) is 70.4 cm³/mol. The Bertz CT molecular complexity index is 459. The van der Waals surface area contributed by atoms with Gasteiger partial charge in [0.05, 0.1) is 0 Å². The van der Waals surface area contributed by atoms with Gasteiger partial charge >= 0.3 is 0 Å².